The van der Waals surface area contributed by atoms with E-state index in [0.29, 0.717) is 17.1 Å². The number of benzene rings is 1. The number of rotatable bonds is 5. The SMILES string of the molecule is COCc1cc(=O)[nH]c([NH+]=C(N)Nc2ccccc2OC)n1. The third-order valence-electron chi connectivity index (χ3n) is 2.72. The molecule has 0 amide bonds. The molecule has 0 aliphatic heterocycles. The molecule has 8 nitrogen and oxygen atoms in total. The lowest BCUT2D eigenvalue weighted by molar-refractivity contribution is -0.365. The molecule has 0 saturated carbocycles. The first-order chi connectivity index (χ1) is 10.6. The number of guanidine groups is 1. The van der Waals surface area contributed by atoms with Crippen LogP contribution in [0, 0.1) is 0 Å². The van der Waals surface area contributed by atoms with Gasteiger partial charge in [-0.05, 0) is 12.1 Å². The zero-order valence-electron chi connectivity index (χ0n) is 12.3. The maximum absolute atomic E-state index is 11.5. The summed E-state index contributed by atoms with van der Waals surface area (Å²) in [4.78, 5) is 21.1. The number of aromatic nitrogens is 2. The second kappa shape index (κ2) is 7.23. The van der Waals surface area contributed by atoms with Gasteiger partial charge >= 0.3 is 5.95 Å². The molecule has 1 aromatic heterocycles. The summed E-state index contributed by atoms with van der Waals surface area (Å²) in [6.07, 6.45) is 0. The zero-order valence-corrected chi connectivity index (χ0v) is 12.3. The van der Waals surface area contributed by atoms with Gasteiger partial charge in [0.25, 0.3) is 11.5 Å². The van der Waals surface area contributed by atoms with Crippen LogP contribution in [0.4, 0.5) is 11.6 Å². The van der Waals surface area contributed by atoms with E-state index in [1.54, 1.807) is 13.2 Å². The van der Waals surface area contributed by atoms with E-state index in [0.717, 1.165) is 0 Å². The van der Waals surface area contributed by atoms with Crippen molar-refractivity contribution in [2.75, 3.05) is 19.5 Å². The fraction of sp³-hybridized carbons (Fsp3) is 0.214. The van der Waals surface area contributed by atoms with Gasteiger partial charge in [0.1, 0.15) is 11.4 Å². The molecular weight excluding hydrogens is 286 g/mol. The molecule has 0 radical (unpaired) electrons. The number of ether oxygens (including phenoxy) is 2. The topological polar surface area (TPSA) is 116 Å². The van der Waals surface area contributed by atoms with Gasteiger partial charge in [0.15, 0.2) is 5.75 Å². The van der Waals surface area contributed by atoms with Crippen LogP contribution in [-0.2, 0) is 11.3 Å². The van der Waals surface area contributed by atoms with Gasteiger partial charge in [-0.1, -0.05) is 12.1 Å². The number of hydrogen-bond donors (Lipinski definition) is 4. The largest absolute Gasteiger partial charge is 0.494 e. The number of nitrogens with one attached hydrogen (secondary N) is 3. The van der Waals surface area contributed by atoms with E-state index in [9.17, 15) is 4.79 Å². The molecule has 5 N–H and O–H groups in total. The second-order valence-corrected chi connectivity index (χ2v) is 4.38. The first-order valence-electron chi connectivity index (χ1n) is 6.51. The highest BCUT2D eigenvalue weighted by Crippen LogP contribution is 2.22. The molecule has 2 rings (SSSR count). The molecule has 0 aliphatic rings. The normalized spacial score (nSPS) is 11.3. The average molecular weight is 304 g/mol. The molecule has 0 bridgehead atoms. The van der Waals surface area contributed by atoms with Crippen LogP contribution in [0.1, 0.15) is 5.69 Å². The Morgan fingerprint density at radius 3 is 2.91 bits per heavy atom. The van der Waals surface area contributed by atoms with Crippen LogP contribution in [0.15, 0.2) is 35.1 Å². The number of nitrogens with two attached hydrogens (primary N) is 1. The van der Waals surface area contributed by atoms with Crippen molar-refractivity contribution in [2.24, 2.45) is 5.73 Å². The molecule has 0 aliphatic carbocycles. The quantitative estimate of drug-likeness (QED) is 0.419. The molecule has 0 spiro atoms. The molecule has 8 heteroatoms. The fourth-order valence-corrected chi connectivity index (χ4v) is 1.84. The number of para-hydroxylation sites is 2. The summed E-state index contributed by atoms with van der Waals surface area (Å²) in [6.45, 7) is 0.235. The van der Waals surface area contributed by atoms with Crippen molar-refractivity contribution >= 4 is 17.6 Å². The standard InChI is InChI=1S/C14H17N5O3/c1-21-8-9-7-12(20)18-14(16-9)19-13(15)17-10-5-3-4-6-11(10)22-2/h3-7H,8H2,1-2H3,(H4,15,16,17,18,19,20)/p+1. The number of hydrogen-bond acceptors (Lipinski definition) is 4. The van der Waals surface area contributed by atoms with Gasteiger partial charge in [0.2, 0.25) is 0 Å². The van der Waals surface area contributed by atoms with Gasteiger partial charge in [-0.15, -0.1) is 4.98 Å². The van der Waals surface area contributed by atoms with Crippen molar-refractivity contribution in [1.82, 2.24) is 9.97 Å². The Balaban J connectivity index is 2.23. The lowest BCUT2D eigenvalue weighted by atomic mass is 10.3. The van der Waals surface area contributed by atoms with E-state index in [4.69, 9.17) is 15.2 Å². The maximum atomic E-state index is 11.5. The summed E-state index contributed by atoms with van der Waals surface area (Å²) < 4.78 is 10.2. The first-order valence-corrected chi connectivity index (χ1v) is 6.51. The van der Waals surface area contributed by atoms with Gasteiger partial charge < -0.3 is 15.2 Å². The van der Waals surface area contributed by atoms with Crippen molar-refractivity contribution in [2.45, 2.75) is 6.61 Å². The van der Waals surface area contributed by atoms with Gasteiger partial charge in [0, 0.05) is 13.2 Å². The molecule has 1 heterocycles. The Hall–Kier alpha value is -2.87. The zero-order chi connectivity index (χ0) is 15.9. The van der Waals surface area contributed by atoms with Gasteiger partial charge in [-0.2, -0.15) is 0 Å². The highest BCUT2D eigenvalue weighted by atomic mass is 16.5. The second-order valence-electron chi connectivity index (χ2n) is 4.38. The molecule has 1 aromatic carbocycles. The van der Waals surface area contributed by atoms with Crippen molar-refractivity contribution < 1.29 is 14.5 Å². The van der Waals surface area contributed by atoms with E-state index in [-0.39, 0.29) is 24.1 Å². The van der Waals surface area contributed by atoms with E-state index in [1.165, 1.54) is 13.2 Å². The Morgan fingerprint density at radius 2 is 2.18 bits per heavy atom. The smallest absolute Gasteiger partial charge is 0.325 e. The van der Waals surface area contributed by atoms with Crippen molar-refractivity contribution in [3.05, 3.63) is 46.4 Å². The molecule has 0 fully saturated rings. The minimum absolute atomic E-state index is 0.196. The Labute approximate surface area is 127 Å². The Morgan fingerprint density at radius 1 is 1.41 bits per heavy atom. The maximum Gasteiger partial charge on any atom is 0.325 e. The Kier molecular flexibility index (Phi) is 5.10. The summed E-state index contributed by atoms with van der Waals surface area (Å²) in [6, 6.07) is 8.66. The van der Waals surface area contributed by atoms with Gasteiger partial charge in [0.05, 0.1) is 13.7 Å². The average Bonchev–Trinajstić information content (AvgIpc) is 2.47. The highest BCUT2D eigenvalue weighted by Gasteiger charge is 2.08. The van der Waals surface area contributed by atoms with Gasteiger partial charge in [-0.3, -0.25) is 10.1 Å². The number of H-pyrrole nitrogens is 1. The third-order valence-corrected chi connectivity index (χ3v) is 2.72. The highest BCUT2D eigenvalue weighted by molar-refractivity contribution is 5.89. The predicted octanol–water partition coefficient (Wildman–Crippen LogP) is -0.936. The molecule has 0 atom stereocenters. The minimum atomic E-state index is -0.297. The van der Waals surface area contributed by atoms with Crippen LogP contribution in [0.5, 0.6) is 5.75 Å². The lowest BCUT2D eigenvalue weighted by Gasteiger charge is -2.07. The van der Waals surface area contributed by atoms with Crippen LogP contribution < -0.4 is 26.3 Å². The molecule has 116 valence electrons. The van der Waals surface area contributed by atoms with Crippen LogP contribution in [0.3, 0.4) is 0 Å². The summed E-state index contributed by atoms with van der Waals surface area (Å²) in [5.74, 6) is 1.06. The fourth-order valence-electron chi connectivity index (χ4n) is 1.84. The summed E-state index contributed by atoms with van der Waals surface area (Å²) in [5.41, 5.74) is 6.77. The van der Waals surface area contributed by atoms with E-state index in [2.05, 4.69) is 20.3 Å². The van der Waals surface area contributed by atoms with Crippen molar-refractivity contribution in [3.63, 3.8) is 0 Å². The minimum Gasteiger partial charge on any atom is -0.494 e. The first kappa shape index (κ1) is 15.5. The lowest BCUT2D eigenvalue weighted by Crippen LogP contribution is -2.73. The summed E-state index contributed by atoms with van der Waals surface area (Å²) in [7, 11) is 3.09. The van der Waals surface area contributed by atoms with Gasteiger partial charge in [-0.25, -0.2) is 9.98 Å². The third kappa shape index (κ3) is 4.06. The van der Waals surface area contributed by atoms with E-state index >= 15 is 0 Å². The number of aromatic amines is 1. The molecule has 0 saturated heterocycles. The van der Waals surface area contributed by atoms with Crippen LogP contribution >= 0.6 is 0 Å². The van der Waals surface area contributed by atoms with E-state index < -0.39 is 0 Å². The summed E-state index contributed by atoms with van der Waals surface area (Å²) >= 11 is 0. The molecule has 0 unspecified atom stereocenters. The number of anilines is 1. The van der Waals surface area contributed by atoms with E-state index in [1.807, 2.05) is 18.2 Å². The number of methoxy groups -OCH3 is 2. The summed E-state index contributed by atoms with van der Waals surface area (Å²) in [5, 5.41) is 2.95. The van der Waals surface area contributed by atoms with Crippen LogP contribution in [0.25, 0.3) is 0 Å². The molecule has 2 aromatic rings. The van der Waals surface area contributed by atoms with Crippen LogP contribution in [-0.4, -0.2) is 30.1 Å². The number of nitrogens with zero attached hydrogens (tertiary/aromatic N) is 1. The molecular formula is C14H18N5O3+. The predicted molar refractivity (Wildman–Crippen MR) is 82.0 cm³/mol. The molecule has 22 heavy (non-hydrogen) atoms. The van der Waals surface area contributed by atoms with Crippen LogP contribution in [0.2, 0.25) is 0 Å². The van der Waals surface area contributed by atoms with Crippen molar-refractivity contribution in [3.8, 4) is 5.75 Å². The monoisotopic (exact) mass is 304 g/mol. The Bertz CT molecular complexity index is 726. The van der Waals surface area contributed by atoms with Crippen molar-refractivity contribution in [1.29, 1.82) is 0 Å².